The van der Waals surface area contributed by atoms with E-state index in [-0.39, 0.29) is 23.3 Å². The molecule has 5 rings (SSSR count). The number of nitrogens with zero attached hydrogens (tertiary/aromatic N) is 3. The zero-order valence-electron chi connectivity index (χ0n) is 18.8. The summed E-state index contributed by atoms with van der Waals surface area (Å²) < 4.78 is 20.4. The zero-order chi connectivity index (χ0) is 23.5. The van der Waals surface area contributed by atoms with Crippen molar-refractivity contribution in [3.63, 3.8) is 0 Å². The first-order valence-electron chi connectivity index (χ1n) is 11.5. The minimum Gasteiger partial charge on any atom is -0.454 e. The van der Waals surface area contributed by atoms with E-state index in [1.54, 1.807) is 18.2 Å². The van der Waals surface area contributed by atoms with E-state index in [0.29, 0.717) is 28.7 Å². The maximum Gasteiger partial charge on any atom is 0.166 e. The van der Waals surface area contributed by atoms with Crippen molar-refractivity contribution < 1.29 is 9.13 Å². The van der Waals surface area contributed by atoms with Gasteiger partial charge >= 0.3 is 0 Å². The summed E-state index contributed by atoms with van der Waals surface area (Å²) in [5, 5.41) is 15.5. The van der Waals surface area contributed by atoms with E-state index in [2.05, 4.69) is 25.5 Å². The molecule has 0 bridgehead atoms. The van der Waals surface area contributed by atoms with Crippen LogP contribution in [0.4, 0.5) is 16.0 Å². The first-order valence-corrected chi connectivity index (χ1v) is 11.5. The van der Waals surface area contributed by atoms with Crippen molar-refractivity contribution in [3.05, 3.63) is 71.8 Å². The third-order valence-electron chi connectivity index (χ3n) is 6.46. The number of benzene rings is 2. The molecule has 5 N–H and O–H groups in total. The van der Waals surface area contributed by atoms with Crippen molar-refractivity contribution in [2.75, 3.05) is 37.2 Å². The van der Waals surface area contributed by atoms with Gasteiger partial charge in [0, 0.05) is 43.8 Å². The third kappa shape index (κ3) is 4.71. The highest BCUT2D eigenvalue weighted by molar-refractivity contribution is 6.16. The number of nitrogens with one attached hydrogen (secondary N) is 3. The number of nitrogen functional groups attached to an aromatic ring is 1. The van der Waals surface area contributed by atoms with E-state index in [0.717, 1.165) is 39.0 Å². The Morgan fingerprint density at radius 1 is 1.12 bits per heavy atom. The molecule has 0 amide bonds. The third-order valence-corrected chi connectivity index (χ3v) is 6.46. The smallest absolute Gasteiger partial charge is 0.166 e. The monoisotopic (exact) mass is 461 g/mol. The molecular formula is C25H28FN7O. The predicted octanol–water partition coefficient (Wildman–Crippen LogP) is 3.25. The molecule has 2 aliphatic rings. The van der Waals surface area contributed by atoms with Gasteiger partial charge in [0.15, 0.2) is 11.6 Å². The second kappa shape index (κ2) is 9.74. The molecule has 8 nitrogen and oxygen atoms in total. The minimum absolute atomic E-state index is 0.0590. The van der Waals surface area contributed by atoms with E-state index in [1.165, 1.54) is 18.5 Å². The van der Waals surface area contributed by atoms with Gasteiger partial charge in [-0.1, -0.05) is 18.2 Å². The minimum atomic E-state index is -0.561. The molecule has 3 heterocycles. The second-order valence-corrected chi connectivity index (χ2v) is 8.68. The summed E-state index contributed by atoms with van der Waals surface area (Å²) in [5.74, 6) is 0.758. The van der Waals surface area contributed by atoms with E-state index >= 15 is 0 Å². The molecule has 2 saturated heterocycles. The van der Waals surface area contributed by atoms with Gasteiger partial charge in [-0.3, -0.25) is 10.3 Å². The number of halogens is 1. The maximum atomic E-state index is 14.8. The normalized spacial score (nSPS) is 17.2. The fraction of sp³-hybridized carbons (Fsp3) is 0.320. The van der Waals surface area contributed by atoms with E-state index < -0.39 is 5.82 Å². The Morgan fingerprint density at radius 3 is 2.56 bits per heavy atom. The maximum absolute atomic E-state index is 14.8. The second-order valence-electron chi connectivity index (χ2n) is 8.68. The summed E-state index contributed by atoms with van der Waals surface area (Å²) in [6.45, 7) is 4.16. The van der Waals surface area contributed by atoms with Crippen LogP contribution in [-0.4, -0.2) is 58.8 Å². The summed E-state index contributed by atoms with van der Waals surface area (Å²) in [5.41, 5.74) is 6.96. The Bertz CT molecular complexity index is 1160. The standard InChI is InChI=1S/C25H28FN7O/c26-20-12-16(6-7-21(20)34-19-4-2-1-3-5-19)23(27)22-24(28)30-15-31-25(22)32-17-8-10-33(11-9-17)18-13-29-14-18/h1-7,12,15,17-18,27,29H,8-11,13-14H2,(H3,28,30,31,32). The predicted molar refractivity (Wildman–Crippen MR) is 130 cm³/mol. The van der Waals surface area contributed by atoms with Crippen LogP contribution in [0.3, 0.4) is 0 Å². The summed E-state index contributed by atoms with van der Waals surface area (Å²) in [4.78, 5) is 11.0. The number of rotatable bonds is 7. The van der Waals surface area contributed by atoms with Gasteiger partial charge in [-0.2, -0.15) is 0 Å². The van der Waals surface area contributed by atoms with Crippen LogP contribution in [-0.2, 0) is 0 Å². The lowest BCUT2D eigenvalue weighted by atomic mass is 9.99. The summed E-state index contributed by atoms with van der Waals surface area (Å²) in [6.07, 6.45) is 3.35. The van der Waals surface area contributed by atoms with Crippen LogP contribution in [0.25, 0.3) is 0 Å². The van der Waals surface area contributed by atoms with Crippen LogP contribution in [0.1, 0.15) is 24.0 Å². The molecule has 176 valence electrons. The topological polar surface area (TPSA) is 112 Å². The fourth-order valence-corrected chi connectivity index (χ4v) is 4.39. The fourth-order valence-electron chi connectivity index (χ4n) is 4.39. The molecule has 0 atom stereocenters. The Hall–Kier alpha value is -3.56. The van der Waals surface area contributed by atoms with Gasteiger partial charge in [0.2, 0.25) is 0 Å². The number of aromatic nitrogens is 2. The van der Waals surface area contributed by atoms with E-state index in [9.17, 15) is 4.39 Å². The van der Waals surface area contributed by atoms with Crippen molar-refractivity contribution in [1.29, 1.82) is 5.41 Å². The quantitative estimate of drug-likeness (QED) is 0.400. The molecule has 2 aliphatic heterocycles. The molecule has 2 fully saturated rings. The van der Waals surface area contributed by atoms with Gasteiger partial charge in [0.05, 0.1) is 11.3 Å². The van der Waals surface area contributed by atoms with Crippen LogP contribution in [0, 0.1) is 11.2 Å². The first kappa shape index (κ1) is 22.2. The number of ether oxygens (including phenoxy) is 1. The van der Waals surface area contributed by atoms with Crippen molar-refractivity contribution >= 4 is 17.3 Å². The average Bonchev–Trinajstić information content (AvgIpc) is 2.81. The zero-order valence-corrected chi connectivity index (χ0v) is 18.8. The van der Waals surface area contributed by atoms with Crippen molar-refractivity contribution in [1.82, 2.24) is 20.2 Å². The van der Waals surface area contributed by atoms with Gasteiger partial charge in [0.1, 0.15) is 23.7 Å². The van der Waals surface area contributed by atoms with Gasteiger partial charge in [0.25, 0.3) is 0 Å². The number of piperidine rings is 1. The molecule has 0 spiro atoms. The van der Waals surface area contributed by atoms with Gasteiger partial charge in [-0.05, 0) is 43.2 Å². The van der Waals surface area contributed by atoms with Gasteiger partial charge in [-0.25, -0.2) is 14.4 Å². The van der Waals surface area contributed by atoms with Gasteiger partial charge < -0.3 is 21.1 Å². The van der Waals surface area contributed by atoms with Crippen LogP contribution in [0.5, 0.6) is 11.5 Å². The molecule has 9 heteroatoms. The molecule has 0 aliphatic carbocycles. The average molecular weight is 462 g/mol. The Labute approximate surface area is 197 Å². The Morgan fingerprint density at radius 2 is 1.88 bits per heavy atom. The molecular weight excluding hydrogens is 433 g/mol. The lowest BCUT2D eigenvalue weighted by Crippen LogP contribution is -2.59. The number of para-hydroxylation sites is 1. The molecule has 34 heavy (non-hydrogen) atoms. The summed E-state index contributed by atoms with van der Waals surface area (Å²) in [7, 11) is 0. The molecule has 1 aromatic heterocycles. The van der Waals surface area contributed by atoms with Crippen molar-refractivity contribution in [2.24, 2.45) is 0 Å². The van der Waals surface area contributed by atoms with Crippen molar-refractivity contribution in [3.8, 4) is 11.5 Å². The SMILES string of the molecule is N=C(c1ccc(Oc2ccccc2)c(F)c1)c1c(N)ncnc1NC1CCN(C2CNC2)CC1. The highest BCUT2D eigenvalue weighted by Crippen LogP contribution is 2.29. The number of hydrogen-bond donors (Lipinski definition) is 4. The first-order chi connectivity index (χ1) is 16.6. The summed E-state index contributed by atoms with van der Waals surface area (Å²) >= 11 is 0. The molecule has 0 unspecified atom stereocenters. The van der Waals surface area contributed by atoms with E-state index in [1.807, 2.05) is 18.2 Å². The van der Waals surface area contributed by atoms with Crippen LogP contribution >= 0.6 is 0 Å². The van der Waals surface area contributed by atoms with Gasteiger partial charge in [-0.15, -0.1) is 0 Å². The number of likely N-dealkylation sites (tertiary alicyclic amines) is 1. The highest BCUT2D eigenvalue weighted by atomic mass is 19.1. The van der Waals surface area contributed by atoms with Crippen LogP contribution in [0.15, 0.2) is 54.9 Å². The molecule has 0 radical (unpaired) electrons. The highest BCUT2D eigenvalue weighted by Gasteiger charge is 2.29. The van der Waals surface area contributed by atoms with Crippen LogP contribution < -0.4 is 21.1 Å². The van der Waals surface area contributed by atoms with Crippen molar-refractivity contribution in [2.45, 2.75) is 24.9 Å². The molecule has 0 saturated carbocycles. The molecule has 2 aromatic carbocycles. The molecule has 3 aromatic rings. The Kier molecular flexibility index (Phi) is 6.37. The largest absolute Gasteiger partial charge is 0.454 e. The Balaban J connectivity index is 1.31. The van der Waals surface area contributed by atoms with E-state index in [4.69, 9.17) is 15.9 Å². The number of nitrogens with two attached hydrogens (primary N) is 1. The van der Waals surface area contributed by atoms with Crippen LogP contribution in [0.2, 0.25) is 0 Å². The number of hydrogen-bond acceptors (Lipinski definition) is 8. The lowest BCUT2D eigenvalue weighted by Gasteiger charge is -2.42. The lowest BCUT2D eigenvalue weighted by molar-refractivity contribution is 0.117. The summed E-state index contributed by atoms with van der Waals surface area (Å²) in [6, 6.07) is 14.3. The number of anilines is 2.